The van der Waals surface area contributed by atoms with E-state index in [1.807, 2.05) is 17.0 Å². The molecule has 0 spiro atoms. The van der Waals surface area contributed by atoms with Gasteiger partial charge in [0.25, 0.3) is 5.89 Å². The highest BCUT2D eigenvalue weighted by molar-refractivity contribution is 5.74. The first kappa shape index (κ1) is 13.5. The molecule has 21 heavy (non-hydrogen) atoms. The summed E-state index contributed by atoms with van der Waals surface area (Å²) in [6.07, 6.45) is 5.96. The van der Waals surface area contributed by atoms with Crippen LogP contribution in [-0.4, -0.2) is 45.7 Å². The van der Waals surface area contributed by atoms with Crippen molar-refractivity contribution < 1.29 is 9.32 Å². The summed E-state index contributed by atoms with van der Waals surface area (Å²) in [7, 11) is 1.65. The Hall–Kier alpha value is -2.44. The number of nitrogens with one attached hydrogen (secondary N) is 1. The SMILES string of the molecule is CNC(=O)N1CCCC1Cc1noc(-c2cccnc2)n1. The number of hydrogen-bond acceptors (Lipinski definition) is 5. The molecular weight excluding hydrogens is 270 g/mol. The van der Waals surface area contributed by atoms with E-state index in [2.05, 4.69) is 20.4 Å². The van der Waals surface area contributed by atoms with Crippen LogP contribution in [0.4, 0.5) is 4.79 Å². The summed E-state index contributed by atoms with van der Waals surface area (Å²) in [5, 5.41) is 6.67. The quantitative estimate of drug-likeness (QED) is 0.924. The van der Waals surface area contributed by atoms with Gasteiger partial charge in [-0.1, -0.05) is 5.16 Å². The van der Waals surface area contributed by atoms with Gasteiger partial charge < -0.3 is 14.7 Å². The molecule has 1 saturated heterocycles. The highest BCUT2D eigenvalue weighted by Crippen LogP contribution is 2.22. The topological polar surface area (TPSA) is 84.2 Å². The molecule has 1 N–H and O–H groups in total. The van der Waals surface area contributed by atoms with Crippen LogP contribution >= 0.6 is 0 Å². The molecule has 0 saturated carbocycles. The van der Waals surface area contributed by atoms with Gasteiger partial charge in [-0.05, 0) is 25.0 Å². The fourth-order valence-electron chi connectivity index (χ4n) is 2.61. The van der Waals surface area contributed by atoms with Crippen molar-refractivity contribution in [3.8, 4) is 11.5 Å². The monoisotopic (exact) mass is 287 g/mol. The van der Waals surface area contributed by atoms with Crippen LogP contribution in [0.5, 0.6) is 0 Å². The Morgan fingerprint density at radius 1 is 1.57 bits per heavy atom. The lowest BCUT2D eigenvalue weighted by Crippen LogP contribution is -2.42. The summed E-state index contributed by atoms with van der Waals surface area (Å²) in [5.74, 6) is 1.08. The predicted molar refractivity (Wildman–Crippen MR) is 75.4 cm³/mol. The zero-order valence-corrected chi connectivity index (χ0v) is 11.8. The van der Waals surface area contributed by atoms with Crippen LogP contribution in [0, 0.1) is 0 Å². The molecule has 2 amide bonds. The second kappa shape index (κ2) is 5.90. The molecule has 110 valence electrons. The van der Waals surface area contributed by atoms with Crippen LogP contribution in [0.3, 0.4) is 0 Å². The van der Waals surface area contributed by atoms with Crippen molar-refractivity contribution >= 4 is 6.03 Å². The molecule has 1 atom stereocenters. The minimum absolute atomic E-state index is 0.0477. The van der Waals surface area contributed by atoms with Gasteiger partial charge in [0.05, 0.1) is 5.56 Å². The first-order valence-corrected chi connectivity index (χ1v) is 6.99. The molecule has 7 heteroatoms. The van der Waals surface area contributed by atoms with Gasteiger partial charge in [-0.25, -0.2) is 4.79 Å². The second-order valence-electron chi connectivity index (χ2n) is 5.01. The smallest absolute Gasteiger partial charge is 0.317 e. The van der Waals surface area contributed by atoms with Gasteiger partial charge in [0, 0.05) is 38.4 Å². The lowest BCUT2D eigenvalue weighted by Gasteiger charge is -2.22. The van der Waals surface area contributed by atoms with E-state index in [0.717, 1.165) is 24.9 Å². The molecule has 7 nitrogen and oxygen atoms in total. The van der Waals surface area contributed by atoms with Gasteiger partial charge in [0.2, 0.25) is 0 Å². The Kier molecular flexibility index (Phi) is 3.81. The van der Waals surface area contributed by atoms with Crippen LogP contribution in [0.25, 0.3) is 11.5 Å². The van der Waals surface area contributed by atoms with Crippen molar-refractivity contribution in [2.24, 2.45) is 0 Å². The van der Waals surface area contributed by atoms with Crippen molar-refractivity contribution in [2.45, 2.75) is 25.3 Å². The van der Waals surface area contributed by atoms with Gasteiger partial charge >= 0.3 is 6.03 Å². The minimum Gasteiger partial charge on any atom is -0.341 e. The number of pyridine rings is 1. The van der Waals surface area contributed by atoms with Gasteiger partial charge in [-0.3, -0.25) is 4.98 Å². The highest BCUT2D eigenvalue weighted by atomic mass is 16.5. The van der Waals surface area contributed by atoms with Gasteiger partial charge in [-0.15, -0.1) is 0 Å². The van der Waals surface area contributed by atoms with Crippen molar-refractivity contribution in [1.29, 1.82) is 0 Å². The summed E-state index contributed by atoms with van der Waals surface area (Å²) >= 11 is 0. The molecule has 0 radical (unpaired) electrons. The molecule has 0 aliphatic carbocycles. The first-order chi connectivity index (χ1) is 10.3. The lowest BCUT2D eigenvalue weighted by molar-refractivity contribution is 0.194. The normalized spacial score (nSPS) is 18.0. The first-order valence-electron chi connectivity index (χ1n) is 6.99. The maximum absolute atomic E-state index is 11.8. The number of nitrogens with zero attached hydrogens (tertiary/aromatic N) is 4. The average molecular weight is 287 g/mol. The molecule has 0 aromatic carbocycles. The molecule has 2 aromatic rings. The summed E-state index contributed by atoms with van der Waals surface area (Å²) in [6.45, 7) is 0.775. The number of urea groups is 1. The van der Waals surface area contributed by atoms with Crippen LogP contribution in [0.15, 0.2) is 29.0 Å². The summed E-state index contributed by atoms with van der Waals surface area (Å²) in [5.41, 5.74) is 0.797. The number of carbonyl (C=O) groups is 1. The fraction of sp³-hybridized carbons (Fsp3) is 0.429. The van der Waals surface area contributed by atoms with Crippen LogP contribution in [0.2, 0.25) is 0 Å². The second-order valence-corrected chi connectivity index (χ2v) is 5.01. The zero-order valence-electron chi connectivity index (χ0n) is 11.8. The molecule has 2 aromatic heterocycles. The Bertz CT molecular complexity index is 613. The van der Waals surface area contributed by atoms with Crippen LogP contribution in [0.1, 0.15) is 18.7 Å². The number of amides is 2. The molecule has 3 rings (SSSR count). The Balaban J connectivity index is 1.71. The number of aromatic nitrogens is 3. The van der Waals surface area contributed by atoms with Crippen molar-refractivity contribution in [3.63, 3.8) is 0 Å². The third-order valence-electron chi connectivity index (χ3n) is 3.65. The van der Waals surface area contributed by atoms with Gasteiger partial charge in [0.15, 0.2) is 5.82 Å². The molecule has 3 heterocycles. The third-order valence-corrected chi connectivity index (χ3v) is 3.65. The van der Waals surface area contributed by atoms with Crippen molar-refractivity contribution in [1.82, 2.24) is 25.3 Å². The largest absolute Gasteiger partial charge is 0.341 e. The summed E-state index contributed by atoms with van der Waals surface area (Å²) < 4.78 is 5.26. The van der Waals surface area contributed by atoms with Crippen LogP contribution < -0.4 is 5.32 Å². The van der Waals surface area contributed by atoms with E-state index in [0.29, 0.717) is 18.1 Å². The number of carbonyl (C=O) groups excluding carboxylic acids is 1. The molecule has 1 unspecified atom stereocenters. The maximum Gasteiger partial charge on any atom is 0.317 e. The maximum atomic E-state index is 11.8. The number of rotatable bonds is 3. The molecule has 1 aliphatic heterocycles. The molecular formula is C14H17N5O2. The van der Waals surface area contributed by atoms with Crippen LogP contribution in [-0.2, 0) is 6.42 Å². The molecule has 1 fully saturated rings. The third kappa shape index (κ3) is 2.86. The number of hydrogen-bond donors (Lipinski definition) is 1. The lowest BCUT2D eigenvalue weighted by atomic mass is 10.1. The Morgan fingerprint density at radius 3 is 3.24 bits per heavy atom. The van der Waals surface area contributed by atoms with E-state index in [9.17, 15) is 4.79 Å². The van der Waals surface area contributed by atoms with E-state index in [4.69, 9.17) is 4.52 Å². The van der Waals surface area contributed by atoms with E-state index >= 15 is 0 Å². The van der Waals surface area contributed by atoms with E-state index in [1.54, 1.807) is 19.4 Å². The van der Waals surface area contributed by atoms with E-state index in [-0.39, 0.29) is 12.1 Å². The molecule has 1 aliphatic rings. The Labute approximate surface area is 122 Å². The summed E-state index contributed by atoms with van der Waals surface area (Å²) in [4.78, 5) is 22.0. The zero-order chi connectivity index (χ0) is 14.7. The van der Waals surface area contributed by atoms with E-state index < -0.39 is 0 Å². The van der Waals surface area contributed by atoms with Crippen molar-refractivity contribution in [3.05, 3.63) is 30.4 Å². The fourth-order valence-corrected chi connectivity index (χ4v) is 2.61. The van der Waals surface area contributed by atoms with Gasteiger partial charge in [0.1, 0.15) is 0 Å². The van der Waals surface area contributed by atoms with Gasteiger partial charge in [-0.2, -0.15) is 4.98 Å². The minimum atomic E-state index is -0.0477. The molecule has 0 bridgehead atoms. The standard InChI is InChI=1S/C14H17N5O2/c1-15-14(20)19-7-3-5-11(19)8-12-17-13(21-18-12)10-4-2-6-16-9-10/h2,4,6,9,11H,3,5,7-8H2,1H3,(H,15,20). The highest BCUT2D eigenvalue weighted by Gasteiger charge is 2.29. The van der Waals surface area contributed by atoms with E-state index in [1.165, 1.54) is 0 Å². The Morgan fingerprint density at radius 2 is 2.48 bits per heavy atom. The van der Waals surface area contributed by atoms with Crippen molar-refractivity contribution in [2.75, 3.05) is 13.6 Å². The predicted octanol–water partition coefficient (Wildman–Crippen LogP) is 1.48. The summed E-state index contributed by atoms with van der Waals surface area (Å²) in [6, 6.07) is 3.78. The number of likely N-dealkylation sites (tertiary alicyclic amines) is 1. The average Bonchev–Trinajstić information content (AvgIpc) is 3.17.